The Balaban J connectivity index is 2.91. The predicted octanol–water partition coefficient (Wildman–Crippen LogP) is 1.75. The van der Waals surface area contributed by atoms with Gasteiger partial charge in [0.2, 0.25) is 0 Å². The summed E-state index contributed by atoms with van der Waals surface area (Å²) in [5.41, 5.74) is 8.29. The number of imidazole rings is 1. The largest absolute Gasteiger partial charge is 0.397 e. The van der Waals surface area contributed by atoms with Crippen LogP contribution in [-0.2, 0) is 0 Å². The molecule has 0 aliphatic rings. The standard InChI is InChI=1S/C7H6IN3/c8-4-1-5(9)7-6(2-4)10-3-11-7/h1-3H,9H2,(H,10,11). The van der Waals surface area contributed by atoms with Gasteiger partial charge in [0, 0.05) is 3.57 Å². The highest BCUT2D eigenvalue weighted by Gasteiger charge is 2.00. The molecule has 0 amide bonds. The number of anilines is 1. The van der Waals surface area contributed by atoms with Gasteiger partial charge in [0.05, 0.1) is 17.5 Å². The van der Waals surface area contributed by atoms with E-state index in [1.54, 1.807) is 6.33 Å². The molecular formula is C7H6IN3. The second-order valence-electron chi connectivity index (χ2n) is 2.29. The molecule has 11 heavy (non-hydrogen) atoms. The number of benzene rings is 1. The Labute approximate surface area is 77.1 Å². The maximum atomic E-state index is 5.71. The molecule has 0 aliphatic carbocycles. The number of nitrogen functional groups attached to an aromatic ring is 1. The van der Waals surface area contributed by atoms with Crippen LogP contribution >= 0.6 is 22.6 Å². The van der Waals surface area contributed by atoms with Crippen molar-refractivity contribution in [3.05, 3.63) is 22.0 Å². The smallest absolute Gasteiger partial charge is 0.111 e. The Morgan fingerprint density at radius 1 is 1.45 bits per heavy atom. The molecule has 2 rings (SSSR count). The molecule has 4 heteroatoms. The summed E-state index contributed by atoms with van der Waals surface area (Å²) in [6.07, 6.45) is 1.65. The van der Waals surface area contributed by atoms with Crippen LogP contribution in [0.25, 0.3) is 11.0 Å². The summed E-state index contributed by atoms with van der Waals surface area (Å²) in [5.74, 6) is 0. The lowest BCUT2D eigenvalue weighted by Gasteiger charge is -1.95. The first kappa shape index (κ1) is 6.90. The van der Waals surface area contributed by atoms with Gasteiger partial charge < -0.3 is 10.7 Å². The maximum Gasteiger partial charge on any atom is 0.111 e. The average molecular weight is 259 g/mol. The lowest BCUT2D eigenvalue weighted by Crippen LogP contribution is -1.87. The van der Waals surface area contributed by atoms with Crippen molar-refractivity contribution in [1.82, 2.24) is 9.97 Å². The van der Waals surface area contributed by atoms with Gasteiger partial charge in [-0.3, -0.25) is 0 Å². The highest BCUT2D eigenvalue weighted by atomic mass is 127. The van der Waals surface area contributed by atoms with Gasteiger partial charge in [-0.25, -0.2) is 4.98 Å². The van der Waals surface area contributed by atoms with E-state index in [1.165, 1.54) is 0 Å². The summed E-state index contributed by atoms with van der Waals surface area (Å²) in [5, 5.41) is 0. The lowest BCUT2D eigenvalue weighted by molar-refractivity contribution is 1.34. The Bertz CT molecular complexity index is 393. The molecule has 2 aromatic rings. The van der Waals surface area contributed by atoms with Crippen molar-refractivity contribution in [2.45, 2.75) is 0 Å². The van der Waals surface area contributed by atoms with Gasteiger partial charge in [-0.1, -0.05) is 0 Å². The van der Waals surface area contributed by atoms with E-state index in [0.29, 0.717) is 0 Å². The molecular weight excluding hydrogens is 253 g/mol. The number of H-pyrrole nitrogens is 1. The second kappa shape index (κ2) is 2.37. The van der Waals surface area contributed by atoms with Crippen LogP contribution < -0.4 is 5.73 Å². The molecule has 0 atom stereocenters. The summed E-state index contributed by atoms with van der Waals surface area (Å²) in [7, 11) is 0. The quantitative estimate of drug-likeness (QED) is 0.559. The van der Waals surface area contributed by atoms with Crippen LogP contribution in [0.3, 0.4) is 0 Å². The number of hydrogen-bond donors (Lipinski definition) is 2. The number of nitrogens with one attached hydrogen (secondary N) is 1. The van der Waals surface area contributed by atoms with Gasteiger partial charge in [0.25, 0.3) is 0 Å². The lowest BCUT2D eigenvalue weighted by atomic mass is 10.3. The zero-order valence-electron chi connectivity index (χ0n) is 5.63. The molecule has 0 saturated carbocycles. The molecule has 0 radical (unpaired) electrons. The second-order valence-corrected chi connectivity index (χ2v) is 3.54. The molecule has 3 nitrogen and oxygen atoms in total. The van der Waals surface area contributed by atoms with Crippen molar-refractivity contribution < 1.29 is 0 Å². The van der Waals surface area contributed by atoms with Crippen LogP contribution in [0.4, 0.5) is 5.69 Å². The summed E-state index contributed by atoms with van der Waals surface area (Å²) in [6, 6.07) is 3.92. The number of fused-ring (bicyclic) bond motifs is 1. The fourth-order valence-corrected chi connectivity index (χ4v) is 1.69. The highest BCUT2D eigenvalue weighted by Crippen LogP contribution is 2.20. The SMILES string of the molecule is Nc1cc(I)cc2[nH]cnc12. The molecule has 0 aliphatic heterocycles. The van der Waals surface area contributed by atoms with E-state index in [4.69, 9.17) is 5.73 Å². The van der Waals surface area contributed by atoms with E-state index >= 15 is 0 Å². The maximum absolute atomic E-state index is 5.71. The van der Waals surface area contributed by atoms with Crippen molar-refractivity contribution in [2.75, 3.05) is 5.73 Å². The molecule has 0 saturated heterocycles. The van der Waals surface area contributed by atoms with Crippen molar-refractivity contribution in [3.63, 3.8) is 0 Å². The zero-order valence-corrected chi connectivity index (χ0v) is 7.79. The fourth-order valence-electron chi connectivity index (χ4n) is 1.04. The van der Waals surface area contributed by atoms with E-state index in [0.717, 1.165) is 20.3 Å². The number of nitrogens with two attached hydrogens (primary N) is 1. The number of aromatic amines is 1. The van der Waals surface area contributed by atoms with Crippen LogP contribution in [0.1, 0.15) is 0 Å². The molecule has 1 aromatic carbocycles. The Morgan fingerprint density at radius 3 is 3.09 bits per heavy atom. The molecule has 0 unspecified atom stereocenters. The molecule has 0 spiro atoms. The summed E-state index contributed by atoms with van der Waals surface area (Å²) in [6.45, 7) is 0. The number of rotatable bonds is 0. The first-order valence-electron chi connectivity index (χ1n) is 3.15. The van der Waals surface area contributed by atoms with Gasteiger partial charge in [-0.05, 0) is 34.7 Å². The van der Waals surface area contributed by atoms with Crippen molar-refractivity contribution in [1.29, 1.82) is 0 Å². The minimum absolute atomic E-state index is 0.730. The van der Waals surface area contributed by atoms with Gasteiger partial charge in [-0.2, -0.15) is 0 Å². The normalized spacial score (nSPS) is 10.6. The molecule has 3 N–H and O–H groups in total. The average Bonchev–Trinajstić information content (AvgIpc) is 2.34. The third-order valence-electron chi connectivity index (χ3n) is 1.52. The highest BCUT2D eigenvalue weighted by molar-refractivity contribution is 14.1. The Morgan fingerprint density at radius 2 is 2.27 bits per heavy atom. The van der Waals surface area contributed by atoms with Gasteiger partial charge in [-0.15, -0.1) is 0 Å². The molecule has 1 aromatic heterocycles. The number of aromatic nitrogens is 2. The monoisotopic (exact) mass is 259 g/mol. The summed E-state index contributed by atoms with van der Waals surface area (Å²) in [4.78, 5) is 7.08. The van der Waals surface area contributed by atoms with Crippen LogP contribution in [0.2, 0.25) is 0 Å². The first-order chi connectivity index (χ1) is 5.27. The Kier molecular flexibility index (Phi) is 1.49. The van der Waals surface area contributed by atoms with E-state index in [-0.39, 0.29) is 0 Å². The molecule has 1 heterocycles. The van der Waals surface area contributed by atoms with Crippen LogP contribution in [0.15, 0.2) is 18.5 Å². The van der Waals surface area contributed by atoms with E-state index in [2.05, 4.69) is 32.6 Å². The van der Waals surface area contributed by atoms with Gasteiger partial charge in [0.15, 0.2) is 0 Å². The Hall–Kier alpha value is -0.780. The minimum Gasteiger partial charge on any atom is -0.397 e. The van der Waals surface area contributed by atoms with E-state index < -0.39 is 0 Å². The summed E-state index contributed by atoms with van der Waals surface area (Å²) < 4.78 is 1.12. The van der Waals surface area contributed by atoms with E-state index in [9.17, 15) is 0 Å². The summed E-state index contributed by atoms with van der Waals surface area (Å²) >= 11 is 2.22. The van der Waals surface area contributed by atoms with Crippen molar-refractivity contribution >= 4 is 39.3 Å². The zero-order chi connectivity index (χ0) is 7.84. The van der Waals surface area contributed by atoms with Gasteiger partial charge >= 0.3 is 0 Å². The number of hydrogen-bond acceptors (Lipinski definition) is 2. The predicted molar refractivity (Wildman–Crippen MR) is 53.2 cm³/mol. The molecule has 0 bridgehead atoms. The topological polar surface area (TPSA) is 54.7 Å². The third kappa shape index (κ3) is 1.07. The van der Waals surface area contributed by atoms with Crippen molar-refractivity contribution in [3.8, 4) is 0 Å². The van der Waals surface area contributed by atoms with Crippen LogP contribution in [0, 0.1) is 3.57 Å². The van der Waals surface area contributed by atoms with E-state index in [1.807, 2.05) is 12.1 Å². The number of nitrogens with zero attached hydrogens (tertiary/aromatic N) is 1. The fraction of sp³-hybridized carbons (Fsp3) is 0. The third-order valence-corrected chi connectivity index (χ3v) is 2.14. The number of halogens is 1. The first-order valence-corrected chi connectivity index (χ1v) is 4.23. The molecule has 56 valence electrons. The minimum atomic E-state index is 0.730. The van der Waals surface area contributed by atoms with Crippen molar-refractivity contribution in [2.24, 2.45) is 0 Å². The van der Waals surface area contributed by atoms with Gasteiger partial charge in [0.1, 0.15) is 5.52 Å². The molecule has 0 fully saturated rings. The van der Waals surface area contributed by atoms with Crippen LogP contribution in [0.5, 0.6) is 0 Å². The van der Waals surface area contributed by atoms with Crippen LogP contribution in [-0.4, -0.2) is 9.97 Å².